The van der Waals surface area contributed by atoms with Crippen molar-refractivity contribution in [3.63, 3.8) is 0 Å². The van der Waals surface area contributed by atoms with E-state index in [0.29, 0.717) is 0 Å². The molecule has 0 amide bonds. The first kappa shape index (κ1) is 9.96. The molecule has 1 heterocycles. The fourth-order valence-corrected chi connectivity index (χ4v) is 0.986. The van der Waals surface area contributed by atoms with Crippen LogP contribution < -0.4 is 5.32 Å². The van der Waals surface area contributed by atoms with Gasteiger partial charge in [0.1, 0.15) is 5.82 Å². The molecule has 13 heavy (non-hydrogen) atoms. The van der Waals surface area contributed by atoms with E-state index in [4.69, 9.17) is 0 Å². The highest BCUT2D eigenvalue weighted by Crippen LogP contribution is 2.10. The van der Waals surface area contributed by atoms with E-state index in [2.05, 4.69) is 43.0 Å². The van der Waals surface area contributed by atoms with E-state index in [1.165, 1.54) is 0 Å². The van der Waals surface area contributed by atoms with E-state index < -0.39 is 0 Å². The second kappa shape index (κ2) is 3.73. The van der Waals surface area contributed by atoms with Crippen molar-refractivity contribution in [3.8, 4) is 0 Å². The standard InChI is InChI=1S/C10H17N3/c1-5-8-6-12-9(7-11-8)13-10(2,3)4/h6-7H,5H2,1-4H3,(H,12,13). The van der Waals surface area contributed by atoms with Crippen LogP contribution in [0.25, 0.3) is 0 Å². The van der Waals surface area contributed by atoms with Gasteiger partial charge >= 0.3 is 0 Å². The van der Waals surface area contributed by atoms with E-state index in [-0.39, 0.29) is 5.54 Å². The highest BCUT2D eigenvalue weighted by molar-refractivity contribution is 5.33. The normalized spacial score (nSPS) is 11.4. The quantitative estimate of drug-likeness (QED) is 0.756. The van der Waals surface area contributed by atoms with Crippen molar-refractivity contribution in [2.45, 2.75) is 39.7 Å². The Labute approximate surface area is 79.6 Å². The van der Waals surface area contributed by atoms with Crippen molar-refractivity contribution >= 4 is 5.82 Å². The van der Waals surface area contributed by atoms with Crippen LogP contribution in [0.15, 0.2) is 12.4 Å². The summed E-state index contributed by atoms with van der Waals surface area (Å²) in [5, 5.41) is 3.26. The Morgan fingerprint density at radius 3 is 2.31 bits per heavy atom. The average molecular weight is 179 g/mol. The number of hydrogen-bond donors (Lipinski definition) is 1. The molecular formula is C10H17N3. The van der Waals surface area contributed by atoms with Gasteiger partial charge in [0.2, 0.25) is 0 Å². The molecule has 0 bridgehead atoms. The van der Waals surface area contributed by atoms with Crippen molar-refractivity contribution < 1.29 is 0 Å². The number of hydrogen-bond acceptors (Lipinski definition) is 3. The Kier molecular flexibility index (Phi) is 2.86. The second-order valence-electron chi connectivity index (χ2n) is 4.12. The molecule has 1 aromatic heterocycles. The summed E-state index contributed by atoms with van der Waals surface area (Å²) in [4.78, 5) is 8.52. The largest absolute Gasteiger partial charge is 0.364 e. The maximum absolute atomic E-state index is 4.26. The zero-order valence-corrected chi connectivity index (χ0v) is 8.76. The Hall–Kier alpha value is -1.12. The smallest absolute Gasteiger partial charge is 0.144 e. The first-order valence-corrected chi connectivity index (χ1v) is 4.60. The molecule has 0 saturated carbocycles. The summed E-state index contributed by atoms with van der Waals surface area (Å²) in [7, 11) is 0. The van der Waals surface area contributed by atoms with Gasteiger partial charge in [-0.2, -0.15) is 0 Å². The predicted octanol–water partition coefficient (Wildman–Crippen LogP) is 2.25. The fraction of sp³-hybridized carbons (Fsp3) is 0.600. The van der Waals surface area contributed by atoms with Crippen LogP contribution in [0, 0.1) is 0 Å². The van der Waals surface area contributed by atoms with Crippen LogP contribution in [0.3, 0.4) is 0 Å². The molecule has 3 heteroatoms. The molecule has 0 radical (unpaired) electrons. The minimum atomic E-state index is 0.0441. The molecular weight excluding hydrogens is 162 g/mol. The van der Waals surface area contributed by atoms with E-state index in [0.717, 1.165) is 17.9 Å². The molecule has 1 aromatic rings. The van der Waals surface area contributed by atoms with Gasteiger partial charge in [0, 0.05) is 5.54 Å². The summed E-state index contributed by atoms with van der Waals surface area (Å²) in [6.07, 6.45) is 4.53. The van der Waals surface area contributed by atoms with Crippen molar-refractivity contribution in [2.75, 3.05) is 5.32 Å². The summed E-state index contributed by atoms with van der Waals surface area (Å²) in [5.74, 6) is 0.838. The highest BCUT2D eigenvalue weighted by Gasteiger charge is 2.09. The molecule has 0 saturated heterocycles. The lowest BCUT2D eigenvalue weighted by atomic mass is 10.1. The lowest BCUT2D eigenvalue weighted by Crippen LogP contribution is -2.26. The molecule has 0 aliphatic rings. The summed E-state index contributed by atoms with van der Waals surface area (Å²) in [6, 6.07) is 0. The number of rotatable bonds is 2. The Bertz CT molecular complexity index is 258. The van der Waals surface area contributed by atoms with Crippen LogP contribution in [0.4, 0.5) is 5.82 Å². The minimum Gasteiger partial charge on any atom is -0.364 e. The second-order valence-corrected chi connectivity index (χ2v) is 4.12. The fourth-order valence-electron chi connectivity index (χ4n) is 0.986. The molecule has 0 atom stereocenters. The summed E-state index contributed by atoms with van der Waals surface area (Å²) in [6.45, 7) is 8.37. The molecule has 1 N–H and O–H groups in total. The van der Waals surface area contributed by atoms with Gasteiger partial charge in [0.15, 0.2) is 0 Å². The third kappa shape index (κ3) is 3.40. The van der Waals surface area contributed by atoms with Gasteiger partial charge < -0.3 is 5.32 Å². The minimum absolute atomic E-state index is 0.0441. The lowest BCUT2D eigenvalue weighted by molar-refractivity contribution is 0.629. The van der Waals surface area contributed by atoms with Crippen LogP contribution >= 0.6 is 0 Å². The zero-order valence-electron chi connectivity index (χ0n) is 8.76. The Morgan fingerprint density at radius 1 is 1.23 bits per heavy atom. The molecule has 0 spiro atoms. The molecule has 1 rings (SSSR count). The zero-order chi connectivity index (χ0) is 9.90. The SMILES string of the molecule is CCc1cnc(NC(C)(C)C)cn1. The molecule has 0 aliphatic carbocycles. The van der Waals surface area contributed by atoms with Crippen molar-refractivity contribution in [1.82, 2.24) is 9.97 Å². The topological polar surface area (TPSA) is 37.8 Å². The molecule has 0 aromatic carbocycles. The van der Waals surface area contributed by atoms with Crippen LogP contribution in [0.5, 0.6) is 0 Å². The predicted molar refractivity (Wildman–Crippen MR) is 54.8 cm³/mol. The van der Waals surface area contributed by atoms with Crippen molar-refractivity contribution in [1.29, 1.82) is 0 Å². The van der Waals surface area contributed by atoms with Gasteiger partial charge in [-0.15, -0.1) is 0 Å². The van der Waals surface area contributed by atoms with Crippen LogP contribution in [0.1, 0.15) is 33.4 Å². The van der Waals surface area contributed by atoms with Crippen molar-refractivity contribution in [2.24, 2.45) is 0 Å². The first-order valence-electron chi connectivity index (χ1n) is 4.60. The Balaban J connectivity index is 2.70. The Morgan fingerprint density at radius 2 is 1.92 bits per heavy atom. The van der Waals surface area contributed by atoms with E-state index in [1.807, 2.05) is 6.20 Å². The van der Waals surface area contributed by atoms with Gasteiger partial charge in [0.25, 0.3) is 0 Å². The molecule has 0 aliphatic heterocycles. The van der Waals surface area contributed by atoms with Gasteiger partial charge in [-0.25, -0.2) is 4.98 Å². The highest BCUT2D eigenvalue weighted by atomic mass is 15.1. The first-order chi connectivity index (χ1) is 6.01. The third-order valence-corrected chi connectivity index (χ3v) is 1.57. The maximum Gasteiger partial charge on any atom is 0.144 e. The van der Waals surface area contributed by atoms with Gasteiger partial charge in [-0.3, -0.25) is 4.98 Å². The van der Waals surface area contributed by atoms with Crippen LogP contribution in [-0.4, -0.2) is 15.5 Å². The van der Waals surface area contributed by atoms with Gasteiger partial charge in [-0.1, -0.05) is 6.92 Å². The van der Waals surface area contributed by atoms with Crippen molar-refractivity contribution in [3.05, 3.63) is 18.1 Å². The molecule has 72 valence electrons. The summed E-state index contributed by atoms with van der Waals surface area (Å²) in [5.41, 5.74) is 1.07. The number of nitrogens with zero attached hydrogens (tertiary/aromatic N) is 2. The van der Waals surface area contributed by atoms with Gasteiger partial charge in [0.05, 0.1) is 18.1 Å². The maximum atomic E-state index is 4.26. The molecule has 3 nitrogen and oxygen atoms in total. The van der Waals surface area contributed by atoms with E-state index in [1.54, 1.807) is 6.20 Å². The number of nitrogens with one attached hydrogen (secondary N) is 1. The number of aromatic nitrogens is 2. The number of anilines is 1. The monoisotopic (exact) mass is 179 g/mol. The third-order valence-electron chi connectivity index (χ3n) is 1.57. The summed E-state index contributed by atoms with van der Waals surface area (Å²) >= 11 is 0. The van der Waals surface area contributed by atoms with Crippen LogP contribution in [-0.2, 0) is 6.42 Å². The average Bonchev–Trinajstić information content (AvgIpc) is 2.03. The summed E-state index contributed by atoms with van der Waals surface area (Å²) < 4.78 is 0. The lowest BCUT2D eigenvalue weighted by Gasteiger charge is -2.20. The van der Waals surface area contributed by atoms with E-state index in [9.17, 15) is 0 Å². The van der Waals surface area contributed by atoms with E-state index >= 15 is 0 Å². The number of aryl methyl sites for hydroxylation is 1. The van der Waals surface area contributed by atoms with Crippen LogP contribution in [0.2, 0.25) is 0 Å². The molecule has 0 fully saturated rings. The molecule has 0 unspecified atom stereocenters. The van der Waals surface area contributed by atoms with Gasteiger partial charge in [-0.05, 0) is 27.2 Å².